The number of nitrogens with zero attached hydrogens (tertiary/aromatic N) is 2. The van der Waals surface area contributed by atoms with Gasteiger partial charge in [0.1, 0.15) is 0 Å². The van der Waals surface area contributed by atoms with Crippen molar-refractivity contribution in [2.24, 2.45) is 0 Å². The molecule has 1 aliphatic heterocycles. The van der Waals surface area contributed by atoms with Gasteiger partial charge in [0.25, 0.3) is 5.91 Å². The predicted molar refractivity (Wildman–Crippen MR) is 104 cm³/mol. The summed E-state index contributed by atoms with van der Waals surface area (Å²) in [6.45, 7) is 2.01. The second-order valence-corrected chi connectivity index (χ2v) is 9.16. The molecule has 0 bridgehead atoms. The normalized spacial score (nSPS) is 18.1. The number of aromatic nitrogens is 2. The van der Waals surface area contributed by atoms with E-state index in [9.17, 15) is 13.2 Å². The number of hydrogen-bond acceptors (Lipinski definition) is 6. The van der Waals surface area contributed by atoms with Gasteiger partial charge in [0.2, 0.25) is 11.8 Å². The molecule has 144 valence electrons. The molecule has 0 spiro atoms. The molecule has 1 unspecified atom stereocenters. The van der Waals surface area contributed by atoms with E-state index in [0.29, 0.717) is 29.3 Å². The summed E-state index contributed by atoms with van der Waals surface area (Å²) in [5.74, 6) is 0.626. The van der Waals surface area contributed by atoms with Crippen molar-refractivity contribution in [3.63, 3.8) is 0 Å². The lowest BCUT2D eigenvalue weighted by atomic mass is 10.1. The summed E-state index contributed by atoms with van der Waals surface area (Å²) in [4.78, 5) is 12.3. The molecule has 0 aliphatic carbocycles. The highest BCUT2D eigenvalue weighted by Gasteiger charge is 2.29. The smallest absolute Gasteiger partial charge is 0.251 e. The van der Waals surface area contributed by atoms with Crippen molar-refractivity contribution in [2.75, 3.05) is 11.5 Å². The van der Waals surface area contributed by atoms with Crippen LogP contribution in [-0.4, -0.2) is 42.1 Å². The van der Waals surface area contributed by atoms with Crippen molar-refractivity contribution in [2.45, 2.75) is 19.4 Å². The van der Waals surface area contributed by atoms with Crippen LogP contribution in [0.25, 0.3) is 22.9 Å². The Morgan fingerprint density at radius 3 is 2.11 bits per heavy atom. The van der Waals surface area contributed by atoms with Gasteiger partial charge in [0.15, 0.2) is 9.84 Å². The van der Waals surface area contributed by atoms with Gasteiger partial charge in [-0.05, 0) is 49.7 Å². The van der Waals surface area contributed by atoms with Gasteiger partial charge in [-0.2, -0.15) is 0 Å². The van der Waals surface area contributed by atoms with Crippen molar-refractivity contribution in [1.82, 2.24) is 15.5 Å². The minimum absolute atomic E-state index is 0.000591. The molecule has 1 N–H and O–H groups in total. The highest BCUT2D eigenvalue weighted by Crippen LogP contribution is 2.24. The zero-order valence-corrected chi connectivity index (χ0v) is 16.1. The number of carbonyl (C=O) groups is 1. The largest absolute Gasteiger partial charge is 0.416 e. The highest BCUT2D eigenvalue weighted by atomic mass is 32.2. The van der Waals surface area contributed by atoms with E-state index in [2.05, 4.69) is 15.5 Å². The molecule has 1 aliphatic rings. The molecule has 0 saturated carbocycles. The van der Waals surface area contributed by atoms with E-state index < -0.39 is 9.84 Å². The van der Waals surface area contributed by atoms with Crippen LogP contribution in [0, 0.1) is 6.92 Å². The quantitative estimate of drug-likeness (QED) is 0.726. The van der Waals surface area contributed by atoms with Gasteiger partial charge < -0.3 is 9.73 Å². The number of sulfone groups is 1. The van der Waals surface area contributed by atoms with Crippen LogP contribution in [0.2, 0.25) is 0 Å². The molecule has 1 amide bonds. The molecule has 2 heterocycles. The molecule has 1 atom stereocenters. The van der Waals surface area contributed by atoms with E-state index in [1.54, 1.807) is 24.3 Å². The Kier molecular flexibility index (Phi) is 4.72. The van der Waals surface area contributed by atoms with Gasteiger partial charge >= 0.3 is 0 Å². The van der Waals surface area contributed by atoms with Crippen molar-refractivity contribution < 1.29 is 17.6 Å². The number of nitrogens with one attached hydrogen (secondary N) is 1. The number of carbonyl (C=O) groups excluding carboxylic acids is 1. The summed E-state index contributed by atoms with van der Waals surface area (Å²) in [6.07, 6.45) is 0.454. The number of aryl methyl sites for hydroxylation is 1. The minimum atomic E-state index is -3.03. The second-order valence-electron chi connectivity index (χ2n) is 6.93. The zero-order chi connectivity index (χ0) is 19.7. The van der Waals surface area contributed by atoms with Crippen molar-refractivity contribution >= 4 is 15.7 Å². The van der Waals surface area contributed by atoms with Crippen LogP contribution in [-0.2, 0) is 9.84 Å². The molecular formula is C20H19N3O4S. The van der Waals surface area contributed by atoms with Gasteiger partial charge in [0, 0.05) is 22.7 Å². The summed E-state index contributed by atoms with van der Waals surface area (Å²) in [5.41, 5.74) is 3.14. The Morgan fingerprint density at radius 2 is 1.57 bits per heavy atom. The number of amides is 1. The van der Waals surface area contributed by atoms with E-state index in [0.717, 1.165) is 11.1 Å². The number of benzene rings is 2. The molecule has 1 saturated heterocycles. The van der Waals surface area contributed by atoms with Crippen LogP contribution < -0.4 is 5.32 Å². The average Bonchev–Trinajstić information content (AvgIpc) is 3.29. The molecule has 2 aromatic carbocycles. The zero-order valence-electron chi connectivity index (χ0n) is 15.3. The SMILES string of the molecule is Cc1ccc(-c2nnc(-c3ccc(C(=O)NC4CCS(=O)(=O)C4)cc3)o2)cc1. The van der Waals surface area contributed by atoms with Crippen LogP contribution >= 0.6 is 0 Å². The Bertz CT molecular complexity index is 1100. The molecule has 1 fully saturated rings. The first kappa shape index (κ1) is 18.4. The van der Waals surface area contributed by atoms with Crippen molar-refractivity contribution in [3.8, 4) is 22.9 Å². The average molecular weight is 397 g/mol. The molecular weight excluding hydrogens is 378 g/mol. The summed E-state index contributed by atoms with van der Waals surface area (Å²) in [5, 5.41) is 10.9. The van der Waals surface area contributed by atoms with Crippen molar-refractivity contribution in [1.29, 1.82) is 0 Å². The summed E-state index contributed by atoms with van der Waals surface area (Å²) in [7, 11) is -3.03. The fourth-order valence-electron chi connectivity index (χ4n) is 3.09. The maximum absolute atomic E-state index is 12.3. The van der Waals surface area contributed by atoms with Crippen LogP contribution in [0.15, 0.2) is 52.9 Å². The maximum atomic E-state index is 12.3. The Hall–Kier alpha value is -3.00. The van der Waals surface area contributed by atoms with Gasteiger partial charge in [-0.15, -0.1) is 10.2 Å². The van der Waals surface area contributed by atoms with E-state index in [1.807, 2.05) is 31.2 Å². The molecule has 3 aromatic rings. The predicted octanol–water partition coefficient (Wildman–Crippen LogP) is 2.63. The van der Waals surface area contributed by atoms with E-state index in [-0.39, 0.29) is 23.5 Å². The minimum Gasteiger partial charge on any atom is -0.416 e. The van der Waals surface area contributed by atoms with Gasteiger partial charge in [-0.25, -0.2) is 8.42 Å². The first-order chi connectivity index (χ1) is 13.4. The Morgan fingerprint density at radius 1 is 1.00 bits per heavy atom. The molecule has 1 aromatic heterocycles. The third-order valence-electron chi connectivity index (χ3n) is 4.69. The monoisotopic (exact) mass is 397 g/mol. The first-order valence-electron chi connectivity index (χ1n) is 8.92. The highest BCUT2D eigenvalue weighted by molar-refractivity contribution is 7.91. The summed E-state index contributed by atoms with van der Waals surface area (Å²) < 4.78 is 28.8. The third-order valence-corrected chi connectivity index (χ3v) is 6.45. The lowest BCUT2D eigenvalue weighted by Crippen LogP contribution is -2.35. The Labute approximate surface area is 162 Å². The third kappa shape index (κ3) is 3.96. The molecule has 0 radical (unpaired) electrons. The topological polar surface area (TPSA) is 102 Å². The first-order valence-corrected chi connectivity index (χ1v) is 10.7. The molecule has 7 nitrogen and oxygen atoms in total. The summed E-state index contributed by atoms with van der Waals surface area (Å²) >= 11 is 0. The van der Waals surface area contributed by atoms with Crippen molar-refractivity contribution in [3.05, 3.63) is 59.7 Å². The number of rotatable bonds is 4. The maximum Gasteiger partial charge on any atom is 0.251 e. The lowest BCUT2D eigenvalue weighted by molar-refractivity contribution is 0.0941. The summed E-state index contributed by atoms with van der Waals surface area (Å²) in [6, 6.07) is 14.2. The van der Waals surface area contributed by atoms with Crippen LogP contribution in [0.4, 0.5) is 0 Å². The van der Waals surface area contributed by atoms with Crippen LogP contribution in [0.5, 0.6) is 0 Å². The fourth-order valence-corrected chi connectivity index (χ4v) is 4.77. The van der Waals surface area contributed by atoms with E-state index in [1.165, 1.54) is 0 Å². The molecule has 28 heavy (non-hydrogen) atoms. The van der Waals surface area contributed by atoms with Gasteiger partial charge in [0.05, 0.1) is 11.5 Å². The Balaban J connectivity index is 1.46. The number of hydrogen-bond donors (Lipinski definition) is 1. The standard InChI is InChI=1S/C20H19N3O4S/c1-13-2-4-15(5-3-13)19-22-23-20(27-19)16-8-6-14(7-9-16)18(24)21-17-10-11-28(25,26)12-17/h2-9,17H,10-12H2,1H3,(H,21,24). The fraction of sp³-hybridized carbons (Fsp3) is 0.250. The molecule has 4 rings (SSSR count). The van der Waals surface area contributed by atoms with Gasteiger partial charge in [-0.1, -0.05) is 17.7 Å². The van der Waals surface area contributed by atoms with Crippen LogP contribution in [0.1, 0.15) is 22.3 Å². The van der Waals surface area contributed by atoms with Gasteiger partial charge in [-0.3, -0.25) is 4.79 Å². The molecule has 8 heteroatoms. The second kappa shape index (κ2) is 7.20. The lowest BCUT2D eigenvalue weighted by Gasteiger charge is -2.10. The van der Waals surface area contributed by atoms with E-state index >= 15 is 0 Å². The van der Waals surface area contributed by atoms with Crippen LogP contribution in [0.3, 0.4) is 0 Å². The van der Waals surface area contributed by atoms with E-state index in [4.69, 9.17) is 4.42 Å².